The number of primary amides is 1. The van der Waals surface area contributed by atoms with E-state index in [0.29, 0.717) is 18.0 Å². The molecule has 142 valence electrons. The van der Waals surface area contributed by atoms with Gasteiger partial charge in [0.25, 0.3) is 5.91 Å². The molecule has 0 saturated heterocycles. The van der Waals surface area contributed by atoms with Gasteiger partial charge < -0.3 is 15.8 Å². The molecule has 0 aliphatic carbocycles. The summed E-state index contributed by atoms with van der Waals surface area (Å²) >= 11 is 0. The maximum absolute atomic E-state index is 12.4. The summed E-state index contributed by atoms with van der Waals surface area (Å²) in [4.78, 5) is 23.2. The van der Waals surface area contributed by atoms with E-state index in [1.54, 1.807) is 23.0 Å². The van der Waals surface area contributed by atoms with Gasteiger partial charge in [0.1, 0.15) is 11.6 Å². The van der Waals surface area contributed by atoms with Crippen molar-refractivity contribution in [2.24, 2.45) is 5.73 Å². The van der Waals surface area contributed by atoms with Crippen molar-refractivity contribution in [2.75, 3.05) is 11.9 Å². The van der Waals surface area contributed by atoms with E-state index in [1.165, 1.54) is 0 Å². The number of carbonyl (C=O) groups is 2. The third-order valence-corrected chi connectivity index (χ3v) is 4.76. The van der Waals surface area contributed by atoms with Crippen LogP contribution in [-0.4, -0.2) is 28.2 Å². The molecular formula is C21H20N4O3. The molecule has 7 nitrogen and oxygen atoms in total. The van der Waals surface area contributed by atoms with Crippen LogP contribution in [0.4, 0.5) is 5.82 Å². The highest BCUT2D eigenvalue weighted by Crippen LogP contribution is 2.38. The Morgan fingerprint density at radius 1 is 1.21 bits per heavy atom. The molecule has 7 heteroatoms. The van der Waals surface area contributed by atoms with Crippen LogP contribution in [-0.2, 0) is 9.59 Å². The molecule has 1 aliphatic heterocycles. The third-order valence-electron chi connectivity index (χ3n) is 4.76. The Morgan fingerprint density at radius 3 is 2.61 bits per heavy atom. The van der Waals surface area contributed by atoms with Crippen LogP contribution in [0.25, 0.3) is 5.69 Å². The number of benzene rings is 2. The molecule has 3 aromatic rings. The zero-order valence-electron chi connectivity index (χ0n) is 15.4. The van der Waals surface area contributed by atoms with Gasteiger partial charge in [0, 0.05) is 17.9 Å². The molecule has 0 bridgehead atoms. The van der Waals surface area contributed by atoms with Gasteiger partial charge in [-0.05, 0) is 36.8 Å². The molecule has 0 radical (unpaired) electrons. The smallest absolute Gasteiger partial charge is 0.255 e. The van der Waals surface area contributed by atoms with Crippen molar-refractivity contribution >= 4 is 17.6 Å². The molecule has 1 unspecified atom stereocenters. The molecule has 0 saturated carbocycles. The average molecular weight is 376 g/mol. The third kappa shape index (κ3) is 3.46. The second kappa shape index (κ2) is 7.19. The van der Waals surface area contributed by atoms with E-state index in [-0.39, 0.29) is 18.4 Å². The summed E-state index contributed by atoms with van der Waals surface area (Å²) in [6.45, 7) is 1.86. The average Bonchev–Trinajstić information content (AvgIpc) is 3.10. The Balaban J connectivity index is 1.65. The minimum Gasteiger partial charge on any atom is -0.484 e. The number of hydrogen-bond donors (Lipinski definition) is 2. The summed E-state index contributed by atoms with van der Waals surface area (Å²) in [5.74, 6) is 0.562. The lowest BCUT2D eigenvalue weighted by molar-refractivity contribution is -0.120. The Hall–Kier alpha value is -3.61. The molecule has 2 amide bonds. The van der Waals surface area contributed by atoms with Crippen LogP contribution in [0.1, 0.15) is 29.0 Å². The SMILES string of the molecule is Cc1ccc(-n2ncc3c2NC(=O)CC3c2ccc(OCC(N)=O)cc2)cc1. The predicted molar refractivity (Wildman–Crippen MR) is 105 cm³/mol. The summed E-state index contributed by atoms with van der Waals surface area (Å²) in [6, 6.07) is 15.3. The molecule has 1 aromatic heterocycles. The van der Waals surface area contributed by atoms with Gasteiger partial charge >= 0.3 is 0 Å². The van der Waals surface area contributed by atoms with E-state index in [9.17, 15) is 9.59 Å². The number of aryl methyl sites for hydroxylation is 1. The maximum atomic E-state index is 12.4. The van der Waals surface area contributed by atoms with Crippen molar-refractivity contribution in [1.82, 2.24) is 9.78 Å². The monoisotopic (exact) mass is 376 g/mol. The highest BCUT2D eigenvalue weighted by atomic mass is 16.5. The summed E-state index contributed by atoms with van der Waals surface area (Å²) < 4.78 is 7.05. The Kier molecular flexibility index (Phi) is 4.57. The van der Waals surface area contributed by atoms with Gasteiger partial charge in [-0.1, -0.05) is 29.8 Å². The molecule has 2 aromatic carbocycles. The molecule has 4 rings (SSSR count). The molecule has 0 fully saturated rings. The number of hydrogen-bond acceptors (Lipinski definition) is 4. The Bertz CT molecular complexity index is 1020. The maximum Gasteiger partial charge on any atom is 0.255 e. The number of amides is 2. The van der Waals surface area contributed by atoms with E-state index < -0.39 is 5.91 Å². The first-order valence-electron chi connectivity index (χ1n) is 8.97. The highest BCUT2D eigenvalue weighted by Gasteiger charge is 2.30. The molecule has 28 heavy (non-hydrogen) atoms. The minimum absolute atomic E-state index is 0.0552. The lowest BCUT2D eigenvalue weighted by Crippen LogP contribution is -2.24. The molecule has 1 aliphatic rings. The number of rotatable bonds is 5. The second-order valence-corrected chi connectivity index (χ2v) is 6.82. The van der Waals surface area contributed by atoms with Crippen molar-refractivity contribution in [1.29, 1.82) is 0 Å². The van der Waals surface area contributed by atoms with E-state index in [1.807, 2.05) is 43.3 Å². The van der Waals surface area contributed by atoms with Crippen LogP contribution in [0.3, 0.4) is 0 Å². The van der Waals surface area contributed by atoms with Gasteiger partial charge in [-0.2, -0.15) is 5.10 Å². The fourth-order valence-corrected chi connectivity index (χ4v) is 3.35. The predicted octanol–water partition coefficient (Wildman–Crippen LogP) is 2.52. The summed E-state index contributed by atoms with van der Waals surface area (Å²) in [5, 5.41) is 7.45. The van der Waals surface area contributed by atoms with E-state index in [4.69, 9.17) is 10.5 Å². The van der Waals surface area contributed by atoms with Gasteiger partial charge in [-0.3, -0.25) is 9.59 Å². The largest absolute Gasteiger partial charge is 0.484 e. The van der Waals surface area contributed by atoms with E-state index >= 15 is 0 Å². The Labute approximate surface area is 162 Å². The fraction of sp³-hybridized carbons (Fsp3) is 0.190. The van der Waals surface area contributed by atoms with Crippen molar-refractivity contribution in [2.45, 2.75) is 19.3 Å². The number of nitrogens with two attached hydrogens (primary N) is 1. The highest BCUT2D eigenvalue weighted by molar-refractivity contribution is 5.94. The zero-order valence-corrected chi connectivity index (χ0v) is 15.4. The molecule has 1 atom stereocenters. The van der Waals surface area contributed by atoms with Crippen LogP contribution in [0.5, 0.6) is 5.75 Å². The van der Waals surface area contributed by atoms with Crippen LogP contribution < -0.4 is 15.8 Å². The summed E-state index contributed by atoms with van der Waals surface area (Å²) in [5.41, 5.74) is 9.09. The van der Waals surface area contributed by atoms with Gasteiger partial charge in [-0.25, -0.2) is 4.68 Å². The van der Waals surface area contributed by atoms with Crippen LogP contribution in [0, 0.1) is 6.92 Å². The van der Waals surface area contributed by atoms with E-state index in [0.717, 1.165) is 22.4 Å². The minimum atomic E-state index is -0.527. The van der Waals surface area contributed by atoms with Crippen molar-refractivity contribution in [3.63, 3.8) is 0 Å². The molecule has 0 spiro atoms. The molecule has 3 N–H and O–H groups in total. The number of nitrogens with zero attached hydrogens (tertiary/aromatic N) is 2. The summed E-state index contributed by atoms with van der Waals surface area (Å²) in [7, 11) is 0. The molecule has 2 heterocycles. The van der Waals surface area contributed by atoms with Gasteiger partial charge in [-0.15, -0.1) is 0 Å². The first-order valence-corrected chi connectivity index (χ1v) is 8.97. The first kappa shape index (κ1) is 17.8. The number of carbonyl (C=O) groups excluding carboxylic acids is 2. The van der Waals surface area contributed by atoms with Gasteiger partial charge in [0.2, 0.25) is 5.91 Å². The van der Waals surface area contributed by atoms with Crippen LogP contribution >= 0.6 is 0 Å². The number of anilines is 1. The quantitative estimate of drug-likeness (QED) is 0.715. The van der Waals surface area contributed by atoms with Crippen LogP contribution in [0.15, 0.2) is 54.7 Å². The topological polar surface area (TPSA) is 99.2 Å². The first-order chi connectivity index (χ1) is 13.5. The van der Waals surface area contributed by atoms with Crippen molar-refractivity contribution in [3.05, 3.63) is 71.4 Å². The van der Waals surface area contributed by atoms with Gasteiger partial charge in [0.05, 0.1) is 11.9 Å². The van der Waals surface area contributed by atoms with Crippen molar-refractivity contribution < 1.29 is 14.3 Å². The molecular weight excluding hydrogens is 356 g/mol. The standard InChI is InChI=1S/C21H20N4O3/c1-13-2-6-15(7-3-13)25-21-18(11-23-25)17(10-20(27)24-21)14-4-8-16(9-5-14)28-12-19(22)26/h2-9,11,17H,10,12H2,1H3,(H2,22,26)(H,24,27). The number of aromatic nitrogens is 2. The lowest BCUT2D eigenvalue weighted by Gasteiger charge is -2.24. The fourth-order valence-electron chi connectivity index (χ4n) is 3.35. The van der Waals surface area contributed by atoms with Crippen LogP contribution in [0.2, 0.25) is 0 Å². The zero-order chi connectivity index (χ0) is 19.7. The van der Waals surface area contributed by atoms with E-state index in [2.05, 4.69) is 10.4 Å². The normalized spacial score (nSPS) is 15.6. The van der Waals surface area contributed by atoms with Crippen molar-refractivity contribution in [3.8, 4) is 11.4 Å². The number of ether oxygens (including phenoxy) is 1. The van der Waals surface area contributed by atoms with Gasteiger partial charge in [0.15, 0.2) is 6.61 Å². The number of fused-ring (bicyclic) bond motifs is 1. The Morgan fingerprint density at radius 2 is 1.93 bits per heavy atom. The lowest BCUT2D eigenvalue weighted by atomic mass is 9.87. The second-order valence-electron chi connectivity index (χ2n) is 6.82. The summed E-state index contributed by atoms with van der Waals surface area (Å²) in [6.07, 6.45) is 2.14. The number of nitrogens with one attached hydrogen (secondary N) is 1.